The van der Waals surface area contributed by atoms with Crippen LogP contribution in [0.1, 0.15) is 19.4 Å². The summed E-state index contributed by atoms with van der Waals surface area (Å²) in [4.78, 5) is 13.9. The van der Waals surface area contributed by atoms with Crippen molar-refractivity contribution in [3.63, 3.8) is 0 Å². The summed E-state index contributed by atoms with van der Waals surface area (Å²) < 4.78 is 5.25. The number of hydrogen-bond acceptors (Lipinski definition) is 3. The molecule has 0 radical (unpaired) electrons. The molecule has 0 heterocycles. The van der Waals surface area contributed by atoms with Crippen molar-refractivity contribution in [3.05, 3.63) is 29.8 Å². The zero-order valence-corrected chi connectivity index (χ0v) is 11.6. The molecule has 4 heteroatoms. The molecule has 0 fully saturated rings. The lowest BCUT2D eigenvalue weighted by Gasteiger charge is -2.14. The van der Waals surface area contributed by atoms with Crippen molar-refractivity contribution in [2.45, 2.75) is 26.5 Å². The molecule has 1 rings (SSSR count). The Morgan fingerprint density at radius 2 is 2.17 bits per heavy atom. The molecule has 0 bridgehead atoms. The van der Waals surface area contributed by atoms with Crippen LogP contribution in [0.2, 0.25) is 0 Å². The Hall–Kier alpha value is -1.39. The Balaban J connectivity index is 2.64. The van der Waals surface area contributed by atoms with E-state index >= 15 is 0 Å². The van der Waals surface area contributed by atoms with Gasteiger partial charge < -0.3 is 15.0 Å². The second kappa shape index (κ2) is 7.13. The second-order valence-electron chi connectivity index (χ2n) is 4.52. The lowest BCUT2D eigenvalue weighted by Crippen LogP contribution is -2.27. The fraction of sp³-hybridized carbons (Fsp3) is 0.500. The van der Waals surface area contributed by atoms with E-state index in [1.165, 1.54) is 5.56 Å². The van der Waals surface area contributed by atoms with E-state index < -0.39 is 6.10 Å². The number of hydrogen-bond donors (Lipinski definition) is 1. The van der Waals surface area contributed by atoms with Crippen molar-refractivity contribution in [1.82, 2.24) is 4.90 Å². The Kier molecular flexibility index (Phi) is 5.82. The van der Waals surface area contributed by atoms with Crippen LogP contribution < -0.4 is 5.32 Å². The third-order valence-electron chi connectivity index (χ3n) is 2.48. The molecular formula is C14H22N2O2. The average molecular weight is 250 g/mol. The number of carbonyl (C=O) groups is 1. The predicted molar refractivity (Wildman–Crippen MR) is 73.6 cm³/mol. The summed E-state index contributed by atoms with van der Waals surface area (Å²) in [7, 11) is 4.03. The first-order chi connectivity index (χ1) is 8.52. The summed E-state index contributed by atoms with van der Waals surface area (Å²) in [6.45, 7) is 5.02. The van der Waals surface area contributed by atoms with E-state index in [1.807, 2.05) is 45.3 Å². The van der Waals surface area contributed by atoms with Crippen LogP contribution in [-0.4, -0.2) is 37.6 Å². The summed E-state index contributed by atoms with van der Waals surface area (Å²) >= 11 is 0. The molecule has 100 valence electrons. The van der Waals surface area contributed by atoms with E-state index in [-0.39, 0.29) is 5.91 Å². The molecule has 0 saturated carbocycles. The van der Waals surface area contributed by atoms with Gasteiger partial charge in [-0.25, -0.2) is 0 Å². The van der Waals surface area contributed by atoms with Crippen molar-refractivity contribution in [1.29, 1.82) is 0 Å². The Labute approximate surface area is 109 Å². The van der Waals surface area contributed by atoms with E-state index in [2.05, 4.69) is 10.2 Å². The maximum absolute atomic E-state index is 11.8. The first-order valence-corrected chi connectivity index (χ1v) is 6.19. The standard InChI is InChI=1S/C14H22N2O2/c1-5-18-11(2)14(17)15-13-8-6-7-12(9-13)10-16(3)4/h6-9,11H,5,10H2,1-4H3,(H,15,17). The van der Waals surface area contributed by atoms with Gasteiger partial charge in [-0.2, -0.15) is 0 Å². The van der Waals surface area contributed by atoms with Crippen molar-refractivity contribution < 1.29 is 9.53 Å². The Bertz CT molecular complexity index is 391. The van der Waals surface area contributed by atoms with Gasteiger partial charge in [0.1, 0.15) is 6.10 Å². The van der Waals surface area contributed by atoms with Crippen LogP contribution in [0.25, 0.3) is 0 Å². The van der Waals surface area contributed by atoms with Gasteiger partial charge in [-0.3, -0.25) is 4.79 Å². The summed E-state index contributed by atoms with van der Waals surface area (Å²) in [5.74, 6) is -0.112. The number of benzene rings is 1. The van der Waals surface area contributed by atoms with Crippen LogP contribution in [0, 0.1) is 0 Å². The SMILES string of the molecule is CCOC(C)C(=O)Nc1cccc(CN(C)C)c1. The lowest BCUT2D eigenvalue weighted by atomic mass is 10.2. The number of amides is 1. The summed E-state index contributed by atoms with van der Waals surface area (Å²) in [5, 5.41) is 2.86. The Morgan fingerprint density at radius 1 is 1.44 bits per heavy atom. The molecule has 1 aromatic carbocycles. The van der Waals surface area contributed by atoms with Gasteiger partial charge in [-0.15, -0.1) is 0 Å². The van der Waals surface area contributed by atoms with Crippen molar-refractivity contribution in [3.8, 4) is 0 Å². The number of carbonyl (C=O) groups excluding carboxylic acids is 1. The minimum absolute atomic E-state index is 0.112. The van der Waals surface area contributed by atoms with E-state index in [1.54, 1.807) is 6.92 Å². The molecule has 1 amide bonds. The highest BCUT2D eigenvalue weighted by molar-refractivity contribution is 5.93. The van der Waals surface area contributed by atoms with Crippen LogP contribution in [0.5, 0.6) is 0 Å². The number of nitrogens with one attached hydrogen (secondary N) is 1. The highest BCUT2D eigenvalue weighted by atomic mass is 16.5. The number of nitrogens with zero attached hydrogens (tertiary/aromatic N) is 1. The van der Waals surface area contributed by atoms with Gasteiger partial charge in [0.15, 0.2) is 0 Å². The molecule has 0 aliphatic heterocycles. The minimum Gasteiger partial charge on any atom is -0.369 e. The molecule has 1 unspecified atom stereocenters. The van der Waals surface area contributed by atoms with Crippen molar-refractivity contribution >= 4 is 11.6 Å². The fourth-order valence-electron chi connectivity index (χ4n) is 1.68. The summed E-state index contributed by atoms with van der Waals surface area (Å²) in [6.07, 6.45) is -0.424. The van der Waals surface area contributed by atoms with Gasteiger partial charge in [0.05, 0.1) is 0 Å². The normalized spacial score (nSPS) is 12.5. The van der Waals surface area contributed by atoms with Crippen LogP contribution in [0.15, 0.2) is 24.3 Å². The van der Waals surface area contributed by atoms with E-state index in [0.717, 1.165) is 12.2 Å². The predicted octanol–water partition coefficient (Wildman–Crippen LogP) is 2.11. The van der Waals surface area contributed by atoms with Gasteiger partial charge >= 0.3 is 0 Å². The fourth-order valence-corrected chi connectivity index (χ4v) is 1.68. The molecule has 1 N–H and O–H groups in total. The van der Waals surface area contributed by atoms with Crippen LogP contribution in [0.3, 0.4) is 0 Å². The number of rotatable bonds is 6. The topological polar surface area (TPSA) is 41.6 Å². The van der Waals surface area contributed by atoms with E-state index in [9.17, 15) is 4.79 Å². The Morgan fingerprint density at radius 3 is 2.78 bits per heavy atom. The number of anilines is 1. The molecule has 18 heavy (non-hydrogen) atoms. The number of ether oxygens (including phenoxy) is 1. The minimum atomic E-state index is -0.424. The van der Waals surface area contributed by atoms with Crippen LogP contribution in [-0.2, 0) is 16.1 Å². The third-order valence-corrected chi connectivity index (χ3v) is 2.48. The molecule has 1 atom stereocenters. The quantitative estimate of drug-likeness (QED) is 0.840. The maximum Gasteiger partial charge on any atom is 0.253 e. The van der Waals surface area contributed by atoms with Gasteiger partial charge in [-0.05, 0) is 45.6 Å². The second-order valence-corrected chi connectivity index (χ2v) is 4.52. The monoisotopic (exact) mass is 250 g/mol. The average Bonchev–Trinajstić information content (AvgIpc) is 2.28. The van der Waals surface area contributed by atoms with Gasteiger partial charge in [0.25, 0.3) is 5.91 Å². The molecule has 0 aliphatic carbocycles. The van der Waals surface area contributed by atoms with E-state index in [4.69, 9.17) is 4.74 Å². The maximum atomic E-state index is 11.8. The van der Waals surface area contributed by atoms with Crippen LogP contribution >= 0.6 is 0 Å². The molecule has 0 saturated heterocycles. The van der Waals surface area contributed by atoms with Crippen LogP contribution in [0.4, 0.5) is 5.69 Å². The highest BCUT2D eigenvalue weighted by Gasteiger charge is 2.12. The first kappa shape index (κ1) is 14.7. The molecular weight excluding hydrogens is 228 g/mol. The molecule has 0 aromatic heterocycles. The lowest BCUT2D eigenvalue weighted by molar-refractivity contribution is -0.126. The summed E-state index contributed by atoms with van der Waals surface area (Å²) in [5.41, 5.74) is 1.98. The van der Waals surface area contributed by atoms with E-state index in [0.29, 0.717) is 6.61 Å². The molecule has 4 nitrogen and oxygen atoms in total. The molecule has 0 aliphatic rings. The third kappa shape index (κ3) is 4.85. The van der Waals surface area contributed by atoms with Gasteiger partial charge in [0, 0.05) is 18.8 Å². The first-order valence-electron chi connectivity index (χ1n) is 6.19. The smallest absolute Gasteiger partial charge is 0.253 e. The largest absolute Gasteiger partial charge is 0.369 e. The zero-order valence-electron chi connectivity index (χ0n) is 11.6. The van der Waals surface area contributed by atoms with Crippen molar-refractivity contribution in [2.75, 3.05) is 26.0 Å². The molecule has 1 aromatic rings. The van der Waals surface area contributed by atoms with Crippen molar-refractivity contribution in [2.24, 2.45) is 0 Å². The molecule has 0 spiro atoms. The van der Waals surface area contributed by atoms with Gasteiger partial charge in [-0.1, -0.05) is 12.1 Å². The van der Waals surface area contributed by atoms with Gasteiger partial charge in [0.2, 0.25) is 0 Å². The highest BCUT2D eigenvalue weighted by Crippen LogP contribution is 2.12. The summed E-state index contributed by atoms with van der Waals surface area (Å²) in [6, 6.07) is 7.85. The zero-order chi connectivity index (χ0) is 13.5.